The Morgan fingerprint density at radius 3 is 2.59 bits per heavy atom. The van der Waals surface area contributed by atoms with Gasteiger partial charge < -0.3 is 5.11 Å². The van der Waals surface area contributed by atoms with Gasteiger partial charge in [-0.15, -0.1) is 5.10 Å². The van der Waals surface area contributed by atoms with Crippen LogP contribution in [0.25, 0.3) is 0 Å². The number of hydrogen-bond acceptors (Lipinski definition) is 3. The maximum atomic E-state index is 12.7. The van der Waals surface area contributed by atoms with Gasteiger partial charge in [-0.2, -0.15) is 13.2 Å². The Kier molecular flexibility index (Phi) is 2.80. The highest BCUT2D eigenvalue weighted by Crippen LogP contribution is 2.35. The Hall–Kier alpha value is -1.60. The van der Waals surface area contributed by atoms with E-state index in [4.69, 9.17) is 5.11 Å². The summed E-state index contributed by atoms with van der Waals surface area (Å²) in [5.41, 5.74) is -2.31. The fourth-order valence-corrected chi connectivity index (χ4v) is 1.61. The lowest BCUT2D eigenvalue weighted by molar-refractivity contribution is -0.144. The molecular formula is C9H10F3N3O2. The molecule has 1 N–H and O–H groups in total. The number of halogens is 3. The van der Waals surface area contributed by atoms with E-state index < -0.39 is 23.5 Å². The molecule has 1 saturated carbocycles. The molecule has 0 bridgehead atoms. The average molecular weight is 249 g/mol. The molecule has 0 spiro atoms. The molecule has 0 amide bonds. The van der Waals surface area contributed by atoms with Crippen LogP contribution in [0.3, 0.4) is 0 Å². The van der Waals surface area contributed by atoms with Gasteiger partial charge in [0.05, 0.1) is 0 Å². The highest BCUT2D eigenvalue weighted by atomic mass is 19.4. The van der Waals surface area contributed by atoms with Crippen LogP contribution in [0.5, 0.6) is 0 Å². The first kappa shape index (κ1) is 11.9. The maximum Gasteiger partial charge on any atom is 0.435 e. The zero-order chi connectivity index (χ0) is 12.6. The quantitative estimate of drug-likeness (QED) is 0.883. The molecule has 1 heterocycles. The van der Waals surface area contributed by atoms with Gasteiger partial charge in [-0.3, -0.25) is 0 Å². The van der Waals surface area contributed by atoms with Gasteiger partial charge >= 0.3 is 12.1 Å². The Labute approximate surface area is 94.2 Å². The summed E-state index contributed by atoms with van der Waals surface area (Å²) in [6, 6.07) is 0. The van der Waals surface area contributed by atoms with Gasteiger partial charge in [0.2, 0.25) is 5.69 Å². The third-order valence-electron chi connectivity index (χ3n) is 2.65. The van der Waals surface area contributed by atoms with Crippen molar-refractivity contribution in [1.29, 1.82) is 0 Å². The third-order valence-corrected chi connectivity index (χ3v) is 2.65. The summed E-state index contributed by atoms with van der Waals surface area (Å²) >= 11 is 0. The van der Waals surface area contributed by atoms with E-state index in [1.165, 1.54) is 0 Å². The van der Waals surface area contributed by atoms with Gasteiger partial charge in [-0.05, 0) is 12.3 Å². The Morgan fingerprint density at radius 1 is 1.47 bits per heavy atom. The minimum Gasteiger partial charge on any atom is -0.476 e. The van der Waals surface area contributed by atoms with Gasteiger partial charge in [-0.1, -0.05) is 18.1 Å². The zero-order valence-electron chi connectivity index (χ0n) is 8.74. The lowest BCUT2D eigenvalue weighted by Crippen LogP contribution is -2.18. The number of aromatic carboxylic acids is 1. The fraction of sp³-hybridized carbons (Fsp3) is 0.667. The number of alkyl halides is 3. The molecule has 5 nitrogen and oxygen atoms in total. The van der Waals surface area contributed by atoms with Gasteiger partial charge in [0.15, 0.2) is 5.69 Å². The van der Waals surface area contributed by atoms with Crippen LogP contribution >= 0.6 is 0 Å². The summed E-state index contributed by atoms with van der Waals surface area (Å²) in [6.45, 7) is 0.0553. The van der Waals surface area contributed by atoms with Gasteiger partial charge in [-0.25, -0.2) is 9.48 Å². The lowest BCUT2D eigenvalue weighted by Gasteiger charge is -2.09. The summed E-state index contributed by atoms with van der Waals surface area (Å²) in [4.78, 5) is 10.6. The van der Waals surface area contributed by atoms with Crippen LogP contribution in [-0.4, -0.2) is 26.1 Å². The fourth-order valence-electron chi connectivity index (χ4n) is 1.61. The van der Waals surface area contributed by atoms with Crippen LogP contribution in [-0.2, 0) is 12.7 Å². The van der Waals surface area contributed by atoms with Crippen molar-refractivity contribution in [3.05, 3.63) is 11.4 Å². The number of rotatable bonds is 4. The van der Waals surface area contributed by atoms with Gasteiger partial charge in [0, 0.05) is 6.54 Å². The van der Waals surface area contributed by atoms with Crippen LogP contribution in [0.15, 0.2) is 0 Å². The van der Waals surface area contributed by atoms with E-state index in [0.29, 0.717) is 17.0 Å². The molecule has 0 radical (unpaired) electrons. The molecule has 8 heteroatoms. The van der Waals surface area contributed by atoms with Crippen molar-refractivity contribution in [1.82, 2.24) is 15.0 Å². The van der Waals surface area contributed by atoms with Crippen molar-refractivity contribution in [2.24, 2.45) is 5.92 Å². The standard InChI is InChI=1S/C9H10F3N3O2/c10-9(11,12)7-6(8(16)17)13-14-15(7)4-3-5-1-2-5/h5H,1-4H2,(H,16,17). The molecule has 0 unspecified atom stereocenters. The minimum atomic E-state index is -4.75. The second-order valence-electron chi connectivity index (χ2n) is 4.04. The van der Waals surface area contributed by atoms with E-state index in [-0.39, 0.29) is 6.54 Å². The highest BCUT2D eigenvalue weighted by Gasteiger charge is 2.41. The largest absolute Gasteiger partial charge is 0.476 e. The molecule has 1 aliphatic carbocycles. The zero-order valence-corrected chi connectivity index (χ0v) is 8.74. The van der Waals surface area contributed by atoms with Crippen molar-refractivity contribution in [2.75, 3.05) is 0 Å². The second-order valence-corrected chi connectivity index (χ2v) is 4.04. The smallest absolute Gasteiger partial charge is 0.435 e. The maximum absolute atomic E-state index is 12.7. The summed E-state index contributed by atoms with van der Waals surface area (Å²) < 4.78 is 38.7. The number of nitrogens with zero attached hydrogens (tertiary/aromatic N) is 3. The number of aryl methyl sites for hydroxylation is 1. The predicted molar refractivity (Wildman–Crippen MR) is 49.3 cm³/mol. The molecule has 1 fully saturated rings. The molecule has 0 atom stereocenters. The molecule has 2 rings (SSSR count). The van der Waals surface area contributed by atoms with E-state index >= 15 is 0 Å². The molecule has 0 saturated heterocycles. The molecular weight excluding hydrogens is 239 g/mol. The van der Waals surface area contributed by atoms with Crippen molar-refractivity contribution in [2.45, 2.75) is 32.0 Å². The summed E-state index contributed by atoms with van der Waals surface area (Å²) in [7, 11) is 0. The first-order valence-corrected chi connectivity index (χ1v) is 5.13. The van der Waals surface area contributed by atoms with E-state index in [9.17, 15) is 18.0 Å². The Bertz CT molecular complexity index is 437. The number of aromatic nitrogens is 3. The lowest BCUT2D eigenvalue weighted by atomic mass is 10.2. The molecule has 94 valence electrons. The van der Waals surface area contributed by atoms with Crippen LogP contribution in [0, 0.1) is 5.92 Å². The number of carboxylic acid groups (broad SMARTS) is 1. The molecule has 0 aliphatic heterocycles. The number of carboxylic acids is 1. The molecule has 1 aromatic heterocycles. The highest BCUT2D eigenvalue weighted by molar-refractivity contribution is 5.86. The van der Waals surface area contributed by atoms with Crippen LogP contribution < -0.4 is 0 Å². The van der Waals surface area contributed by atoms with E-state index in [2.05, 4.69) is 10.3 Å². The Balaban J connectivity index is 2.27. The van der Waals surface area contributed by atoms with Gasteiger partial charge in [0.25, 0.3) is 0 Å². The number of hydrogen-bond donors (Lipinski definition) is 1. The monoisotopic (exact) mass is 249 g/mol. The molecule has 1 aliphatic rings. The number of carbonyl (C=O) groups is 1. The van der Waals surface area contributed by atoms with Crippen LogP contribution in [0.1, 0.15) is 35.4 Å². The van der Waals surface area contributed by atoms with Crippen molar-refractivity contribution < 1.29 is 23.1 Å². The summed E-state index contributed by atoms with van der Waals surface area (Å²) in [5.74, 6) is -1.27. The minimum absolute atomic E-state index is 0.0553. The first-order valence-electron chi connectivity index (χ1n) is 5.13. The Morgan fingerprint density at radius 2 is 2.12 bits per heavy atom. The molecule has 17 heavy (non-hydrogen) atoms. The van der Waals surface area contributed by atoms with Crippen molar-refractivity contribution in [3.8, 4) is 0 Å². The summed E-state index contributed by atoms with van der Waals surface area (Å²) in [5, 5.41) is 15.0. The first-order chi connectivity index (χ1) is 7.89. The van der Waals surface area contributed by atoms with Crippen molar-refractivity contribution >= 4 is 5.97 Å². The van der Waals surface area contributed by atoms with Crippen molar-refractivity contribution in [3.63, 3.8) is 0 Å². The third kappa shape index (κ3) is 2.56. The molecule has 1 aromatic rings. The van der Waals surface area contributed by atoms with E-state index in [0.717, 1.165) is 12.8 Å². The van der Waals surface area contributed by atoms with Crippen LogP contribution in [0.4, 0.5) is 13.2 Å². The van der Waals surface area contributed by atoms with Gasteiger partial charge in [0.1, 0.15) is 0 Å². The second kappa shape index (κ2) is 4.01. The SMILES string of the molecule is O=C(O)c1nnn(CCC2CC2)c1C(F)(F)F. The summed E-state index contributed by atoms with van der Waals surface area (Å²) in [6.07, 6.45) is -2.14. The molecule has 0 aromatic carbocycles. The normalized spacial score (nSPS) is 16.2. The van der Waals surface area contributed by atoms with Crippen LogP contribution in [0.2, 0.25) is 0 Å². The topological polar surface area (TPSA) is 68.0 Å². The van der Waals surface area contributed by atoms with E-state index in [1.54, 1.807) is 0 Å². The average Bonchev–Trinajstić information content (AvgIpc) is 2.91. The predicted octanol–water partition coefficient (Wildman–Crippen LogP) is 1.80. The van der Waals surface area contributed by atoms with E-state index in [1.807, 2.05) is 0 Å².